The van der Waals surface area contributed by atoms with Gasteiger partial charge in [0, 0.05) is 63.7 Å². The highest BCUT2D eigenvalue weighted by Gasteiger charge is 2.27. The SMILES string of the molecule is COCCC[C@H]1CCCCN1C(=O)c1ccc(N2CCN(C)CC2)cc1. The summed E-state index contributed by atoms with van der Waals surface area (Å²) in [5.41, 5.74) is 2.05. The summed E-state index contributed by atoms with van der Waals surface area (Å²) in [5.74, 6) is 0.192. The van der Waals surface area contributed by atoms with E-state index in [9.17, 15) is 4.79 Å². The molecule has 0 aromatic heterocycles. The lowest BCUT2D eigenvalue weighted by atomic mass is 9.97. The summed E-state index contributed by atoms with van der Waals surface area (Å²) in [6, 6.07) is 8.61. The number of amides is 1. The number of anilines is 1. The van der Waals surface area contributed by atoms with Crippen LogP contribution in [0.1, 0.15) is 42.5 Å². The van der Waals surface area contributed by atoms with Crippen molar-refractivity contribution in [1.29, 1.82) is 0 Å². The summed E-state index contributed by atoms with van der Waals surface area (Å²) in [6.07, 6.45) is 5.52. The van der Waals surface area contributed by atoms with E-state index >= 15 is 0 Å². The summed E-state index contributed by atoms with van der Waals surface area (Å²) in [5, 5.41) is 0. The normalized spacial score (nSPS) is 21.8. The number of likely N-dealkylation sites (tertiary alicyclic amines) is 1. The zero-order valence-electron chi connectivity index (χ0n) is 16.3. The molecular weight excluding hydrogens is 326 g/mol. The van der Waals surface area contributed by atoms with Crippen LogP contribution in [0.15, 0.2) is 24.3 Å². The maximum atomic E-state index is 13.0. The summed E-state index contributed by atoms with van der Waals surface area (Å²) in [4.78, 5) is 19.9. The van der Waals surface area contributed by atoms with Crippen LogP contribution in [0.25, 0.3) is 0 Å². The molecule has 0 aliphatic carbocycles. The van der Waals surface area contributed by atoms with E-state index < -0.39 is 0 Å². The molecule has 1 aromatic carbocycles. The molecule has 144 valence electrons. The van der Waals surface area contributed by atoms with Crippen LogP contribution in [0.5, 0.6) is 0 Å². The van der Waals surface area contributed by atoms with Crippen LogP contribution < -0.4 is 4.90 Å². The van der Waals surface area contributed by atoms with E-state index in [1.54, 1.807) is 7.11 Å². The average Bonchev–Trinajstić information content (AvgIpc) is 2.69. The van der Waals surface area contributed by atoms with Crippen LogP contribution in [-0.4, -0.2) is 75.2 Å². The highest BCUT2D eigenvalue weighted by molar-refractivity contribution is 5.94. The predicted octanol–water partition coefficient (Wildman–Crippen LogP) is 2.86. The molecule has 1 amide bonds. The van der Waals surface area contributed by atoms with Crippen molar-refractivity contribution in [2.45, 2.75) is 38.1 Å². The minimum absolute atomic E-state index is 0.192. The van der Waals surface area contributed by atoms with Crippen LogP contribution in [-0.2, 0) is 4.74 Å². The lowest BCUT2D eigenvalue weighted by Crippen LogP contribution is -2.44. The molecule has 2 saturated heterocycles. The number of carbonyl (C=O) groups excluding carboxylic acids is 1. The second-order valence-corrected chi connectivity index (χ2v) is 7.62. The Bertz CT molecular complexity index is 567. The largest absolute Gasteiger partial charge is 0.385 e. The van der Waals surface area contributed by atoms with Crippen molar-refractivity contribution in [2.75, 3.05) is 58.4 Å². The minimum atomic E-state index is 0.192. The van der Waals surface area contributed by atoms with Gasteiger partial charge in [-0.15, -0.1) is 0 Å². The van der Waals surface area contributed by atoms with Gasteiger partial charge in [-0.05, 0) is 63.4 Å². The first-order valence-electron chi connectivity index (χ1n) is 10.0. The number of rotatable bonds is 6. The van der Waals surface area contributed by atoms with Crippen LogP contribution in [0, 0.1) is 0 Å². The number of carbonyl (C=O) groups is 1. The van der Waals surface area contributed by atoms with Crippen LogP contribution >= 0.6 is 0 Å². The zero-order valence-corrected chi connectivity index (χ0v) is 16.3. The maximum Gasteiger partial charge on any atom is 0.254 e. The molecule has 5 nitrogen and oxygen atoms in total. The first kappa shape index (κ1) is 19.2. The van der Waals surface area contributed by atoms with E-state index in [1.807, 2.05) is 12.1 Å². The van der Waals surface area contributed by atoms with Crippen molar-refractivity contribution >= 4 is 11.6 Å². The Morgan fingerprint density at radius 3 is 2.50 bits per heavy atom. The molecule has 0 unspecified atom stereocenters. The third-order valence-electron chi connectivity index (χ3n) is 5.76. The van der Waals surface area contributed by atoms with Gasteiger partial charge < -0.3 is 19.4 Å². The highest BCUT2D eigenvalue weighted by Crippen LogP contribution is 2.24. The molecule has 1 atom stereocenters. The molecule has 0 saturated carbocycles. The number of methoxy groups -OCH3 is 1. The second kappa shape index (κ2) is 9.38. The zero-order chi connectivity index (χ0) is 18.4. The number of ether oxygens (including phenoxy) is 1. The third kappa shape index (κ3) is 4.77. The van der Waals surface area contributed by atoms with Crippen molar-refractivity contribution in [3.63, 3.8) is 0 Å². The number of benzene rings is 1. The number of likely N-dealkylation sites (N-methyl/N-ethyl adjacent to an activating group) is 1. The van der Waals surface area contributed by atoms with Crippen LogP contribution in [0.2, 0.25) is 0 Å². The Labute approximate surface area is 157 Å². The molecule has 0 bridgehead atoms. The molecule has 2 aliphatic heterocycles. The van der Waals surface area contributed by atoms with Crippen molar-refractivity contribution in [3.8, 4) is 0 Å². The van der Waals surface area contributed by atoms with E-state index in [1.165, 1.54) is 12.1 Å². The molecular formula is C21H33N3O2. The molecule has 3 rings (SSSR count). The molecule has 5 heteroatoms. The molecule has 26 heavy (non-hydrogen) atoms. The first-order valence-corrected chi connectivity index (χ1v) is 10.0. The standard InChI is InChI=1S/C21H33N3O2/c1-22-13-15-23(16-14-22)19-10-8-18(9-11-19)21(25)24-12-4-3-6-20(24)7-5-17-26-2/h8-11,20H,3-7,12-17H2,1-2H3/t20-/m1/s1. The Balaban J connectivity index is 1.62. The third-order valence-corrected chi connectivity index (χ3v) is 5.76. The summed E-state index contributed by atoms with van der Waals surface area (Å²) in [6.45, 7) is 5.96. The summed E-state index contributed by atoms with van der Waals surface area (Å²) < 4.78 is 5.18. The fraction of sp³-hybridized carbons (Fsp3) is 0.667. The Morgan fingerprint density at radius 1 is 1.08 bits per heavy atom. The topological polar surface area (TPSA) is 36.0 Å². The fourth-order valence-electron chi connectivity index (χ4n) is 4.08. The van der Waals surface area contributed by atoms with Gasteiger partial charge in [-0.25, -0.2) is 0 Å². The second-order valence-electron chi connectivity index (χ2n) is 7.62. The summed E-state index contributed by atoms with van der Waals surface area (Å²) >= 11 is 0. The Hall–Kier alpha value is -1.59. The van der Waals surface area contributed by atoms with E-state index in [0.717, 1.165) is 70.6 Å². The van der Waals surface area contributed by atoms with Gasteiger partial charge in [0.15, 0.2) is 0 Å². The molecule has 2 heterocycles. The first-order chi connectivity index (χ1) is 12.7. The quantitative estimate of drug-likeness (QED) is 0.732. The van der Waals surface area contributed by atoms with Crippen molar-refractivity contribution in [1.82, 2.24) is 9.80 Å². The predicted molar refractivity (Wildman–Crippen MR) is 106 cm³/mol. The lowest BCUT2D eigenvalue weighted by molar-refractivity contribution is 0.0585. The lowest BCUT2D eigenvalue weighted by Gasteiger charge is -2.36. The van der Waals surface area contributed by atoms with Gasteiger partial charge in [-0.2, -0.15) is 0 Å². The fourth-order valence-corrected chi connectivity index (χ4v) is 4.08. The smallest absolute Gasteiger partial charge is 0.254 e. The van der Waals surface area contributed by atoms with Gasteiger partial charge in [-0.3, -0.25) is 4.79 Å². The van der Waals surface area contributed by atoms with Gasteiger partial charge in [0.25, 0.3) is 5.91 Å². The molecule has 2 fully saturated rings. The number of hydrogen-bond acceptors (Lipinski definition) is 4. The number of hydrogen-bond donors (Lipinski definition) is 0. The van der Waals surface area contributed by atoms with Crippen molar-refractivity contribution in [2.24, 2.45) is 0 Å². The van der Waals surface area contributed by atoms with Crippen LogP contribution in [0.4, 0.5) is 5.69 Å². The number of piperidine rings is 1. The van der Waals surface area contributed by atoms with Gasteiger partial charge in [-0.1, -0.05) is 0 Å². The van der Waals surface area contributed by atoms with Gasteiger partial charge in [0.1, 0.15) is 0 Å². The Kier molecular flexibility index (Phi) is 6.92. The van der Waals surface area contributed by atoms with E-state index in [-0.39, 0.29) is 5.91 Å². The van der Waals surface area contributed by atoms with Gasteiger partial charge in [0.2, 0.25) is 0 Å². The average molecular weight is 360 g/mol. The molecule has 2 aliphatic rings. The number of nitrogens with zero attached hydrogens (tertiary/aromatic N) is 3. The van der Waals surface area contributed by atoms with Crippen LogP contribution in [0.3, 0.4) is 0 Å². The van der Waals surface area contributed by atoms with Gasteiger partial charge in [0.05, 0.1) is 0 Å². The number of piperazine rings is 1. The van der Waals surface area contributed by atoms with Crippen molar-refractivity contribution in [3.05, 3.63) is 29.8 Å². The Morgan fingerprint density at radius 2 is 1.81 bits per heavy atom. The molecule has 0 radical (unpaired) electrons. The summed E-state index contributed by atoms with van der Waals surface area (Å²) in [7, 11) is 3.91. The van der Waals surface area contributed by atoms with E-state index in [2.05, 4.69) is 33.9 Å². The van der Waals surface area contributed by atoms with E-state index in [4.69, 9.17) is 4.74 Å². The monoisotopic (exact) mass is 359 g/mol. The van der Waals surface area contributed by atoms with E-state index in [0.29, 0.717) is 6.04 Å². The minimum Gasteiger partial charge on any atom is -0.385 e. The molecule has 0 N–H and O–H groups in total. The molecule has 0 spiro atoms. The van der Waals surface area contributed by atoms with Crippen molar-refractivity contribution < 1.29 is 9.53 Å². The maximum absolute atomic E-state index is 13.0. The molecule has 1 aromatic rings. The highest BCUT2D eigenvalue weighted by atomic mass is 16.5. The van der Waals surface area contributed by atoms with Gasteiger partial charge >= 0.3 is 0 Å².